The Bertz CT molecular complexity index is 681. The molecule has 1 saturated heterocycles. The molecule has 1 amide bonds. The van der Waals surface area contributed by atoms with Crippen molar-refractivity contribution in [1.82, 2.24) is 9.88 Å². The number of hydrogen-bond donors (Lipinski definition) is 1. The van der Waals surface area contributed by atoms with Crippen molar-refractivity contribution < 1.29 is 18.0 Å². The number of fused-ring (bicyclic) bond motifs is 1. The lowest BCUT2D eigenvalue weighted by molar-refractivity contribution is -0.146. The van der Waals surface area contributed by atoms with Crippen molar-refractivity contribution in [3.8, 4) is 0 Å². The van der Waals surface area contributed by atoms with Crippen LogP contribution in [0.4, 0.5) is 19.0 Å². The Morgan fingerprint density at radius 1 is 1.29 bits per heavy atom. The van der Waals surface area contributed by atoms with Crippen LogP contribution in [0, 0.1) is 6.92 Å². The van der Waals surface area contributed by atoms with Gasteiger partial charge in [0.2, 0.25) is 6.41 Å². The highest BCUT2D eigenvalue weighted by molar-refractivity contribution is 7.18. The number of rotatable bonds is 2. The van der Waals surface area contributed by atoms with E-state index in [1.165, 1.54) is 9.78 Å². The van der Waals surface area contributed by atoms with E-state index in [2.05, 4.69) is 21.7 Å². The van der Waals surface area contributed by atoms with E-state index in [1.807, 2.05) is 19.1 Å². The maximum Gasteiger partial charge on any atom is 0.401 e. The second kappa shape index (κ2) is 7.80. The van der Waals surface area contributed by atoms with Crippen LogP contribution in [0.3, 0.4) is 0 Å². The van der Waals surface area contributed by atoms with Gasteiger partial charge in [0.15, 0.2) is 0 Å². The second-order valence-electron chi connectivity index (χ2n) is 5.44. The Kier molecular flexibility index (Phi) is 6.00. The fourth-order valence-electron chi connectivity index (χ4n) is 2.60. The van der Waals surface area contributed by atoms with Crippen LogP contribution < -0.4 is 10.6 Å². The standard InChI is InChI=1S/C14H16F3N3S.CH3NO/c1-10-8-11-2-3-12(18-13(11)21-10)20-6-4-19(5-7-20)9-14(15,16)17;2-1-3/h2-3,8H,4-7,9H2,1H3;1H,(H2,2,3). The molecular formula is C15H19F3N4OS. The smallest absolute Gasteiger partial charge is 0.372 e. The number of thiophene rings is 1. The quantitative estimate of drug-likeness (QED) is 0.836. The molecule has 5 nitrogen and oxygen atoms in total. The zero-order chi connectivity index (χ0) is 17.7. The molecule has 1 aliphatic heterocycles. The highest BCUT2D eigenvalue weighted by Gasteiger charge is 2.32. The highest BCUT2D eigenvalue weighted by Crippen LogP contribution is 2.26. The molecule has 0 bridgehead atoms. The molecule has 9 heteroatoms. The first-order chi connectivity index (χ1) is 11.3. The normalized spacial score (nSPS) is 15.9. The Labute approximate surface area is 141 Å². The molecular weight excluding hydrogens is 341 g/mol. The van der Waals surface area contributed by atoms with Crippen LogP contribution in [-0.2, 0) is 4.79 Å². The molecule has 24 heavy (non-hydrogen) atoms. The summed E-state index contributed by atoms with van der Waals surface area (Å²) >= 11 is 1.64. The lowest BCUT2D eigenvalue weighted by Gasteiger charge is -2.35. The number of carbonyl (C=O) groups excluding carboxylic acids is 1. The monoisotopic (exact) mass is 360 g/mol. The van der Waals surface area contributed by atoms with Gasteiger partial charge in [0.1, 0.15) is 10.6 Å². The summed E-state index contributed by atoms with van der Waals surface area (Å²) in [6.07, 6.45) is -3.87. The molecule has 2 N–H and O–H groups in total. The lowest BCUT2D eigenvalue weighted by atomic mass is 10.2. The SMILES string of the molecule is Cc1cc2ccc(N3CCN(CC(F)(F)F)CC3)nc2s1.NC=O. The van der Waals surface area contributed by atoms with Crippen LogP contribution in [0.15, 0.2) is 18.2 Å². The topological polar surface area (TPSA) is 62.5 Å². The van der Waals surface area contributed by atoms with E-state index < -0.39 is 12.7 Å². The van der Waals surface area contributed by atoms with E-state index in [1.54, 1.807) is 11.3 Å². The second-order valence-corrected chi connectivity index (χ2v) is 6.67. The molecule has 0 spiro atoms. The summed E-state index contributed by atoms with van der Waals surface area (Å²) in [5, 5.41) is 1.12. The van der Waals surface area contributed by atoms with Gasteiger partial charge in [-0.05, 0) is 25.1 Å². The number of alkyl halides is 3. The Morgan fingerprint density at radius 3 is 2.50 bits per heavy atom. The van der Waals surface area contributed by atoms with Gasteiger partial charge in [-0.2, -0.15) is 13.2 Å². The number of carbonyl (C=O) groups is 1. The predicted octanol–water partition coefficient (Wildman–Crippen LogP) is 2.39. The van der Waals surface area contributed by atoms with Gasteiger partial charge in [-0.25, -0.2) is 4.98 Å². The molecule has 132 valence electrons. The largest absolute Gasteiger partial charge is 0.401 e. The van der Waals surface area contributed by atoms with E-state index in [0.29, 0.717) is 26.2 Å². The van der Waals surface area contributed by atoms with Crippen molar-refractivity contribution >= 4 is 33.8 Å². The van der Waals surface area contributed by atoms with Gasteiger partial charge in [0, 0.05) is 36.4 Å². The number of primary amides is 1. The molecule has 2 aromatic rings. The first kappa shape index (κ1) is 18.5. The summed E-state index contributed by atoms with van der Waals surface area (Å²) in [7, 11) is 0. The van der Waals surface area contributed by atoms with Gasteiger partial charge in [-0.3, -0.25) is 9.69 Å². The van der Waals surface area contributed by atoms with Crippen LogP contribution in [0.1, 0.15) is 4.88 Å². The highest BCUT2D eigenvalue weighted by atomic mass is 32.1. The number of hydrogen-bond acceptors (Lipinski definition) is 5. The molecule has 1 aliphatic rings. The molecule has 1 fully saturated rings. The Balaban J connectivity index is 0.000000647. The third-order valence-electron chi connectivity index (χ3n) is 3.59. The first-order valence-corrected chi connectivity index (χ1v) is 8.20. The van der Waals surface area contributed by atoms with Crippen molar-refractivity contribution in [2.24, 2.45) is 5.73 Å². The van der Waals surface area contributed by atoms with Crippen LogP contribution in [0.25, 0.3) is 10.2 Å². The number of nitrogens with two attached hydrogens (primary N) is 1. The molecule has 0 aromatic carbocycles. The van der Waals surface area contributed by atoms with Gasteiger partial charge >= 0.3 is 6.18 Å². The molecule has 0 radical (unpaired) electrons. The number of aromatic nitrogens is 1. The minimum Gasteiger partial charge on any atom is -0.372 e. The first-order valence-electron chi connectivity index (χ1n) is 7.39. The van der Waals surface area contributed by atoms with Gasteiger partial charge < -0.3 is 10.6 Å². The van der Waals surface area contributed by atoms with E-state index in [-0.39, 0.29) is 6.41 Å². The summed E-state index contributed by atoms with van der Waals surface area (Å²) in [5.41, 5.74) is 4.17. The predicted molar refractivity (Wildman–Crippen MR) is 89.3 cm³/mol. The number of amides is 1. The zero-order valence-corrected chi connectivity index (χ0v) is 14.0. The van der Waals surface area contributed by atoms with Crippen molar-refractivity contribution in [3.05, 3.63) is 23.1 Å². The molecule has 3 heterocycles. The van der Waals surface area contributed by atoms with Crippen LogP contribution in [0.2, 0.25) is 0 Å². The lowest BCUT2D eigenvalue weighted by Crippen LogP contribution is -2.49. The number of piperazine rings is 1. The Hall–Kier alpha value is -1.87. The van der Waals surface area contributed by atoms with Crippen molar-refractivity contribution in [2.75, 3.05) is 37.6 Å². The minimum absolute atomic E-state index is 0.250. The van der Waals surface area contributed by atoms with E-state index in [9.17, 15) is 13.2 Å². The molecule has 0 aliphatic carbocycles. The average Bonchev–Trinajstić information content (AvgIpc) is 2.86. The van der Waals surface area contributed by atoms with E-state index >= 15 is 0 Å². The van der Waals surface area contributed by atoms with Gasteiger partial charge in [-0.1, -0.05) is 0 Å². The fraction of sp³-hybridized carbons (Fsp3) is 0.467. The summed E-state index contributed by atoms with van der Waals surface area (Å²) in [6.45, 7) is 3.22. The van der Waals surface area contributed by atoms with Crippen LogP contribution in [-0.4, -0.2) is 55.2 Å². The number of halogens is 3. The summed E-state index contributed by atoms with van der Waals surface area (Å²) in [4.78, 5) is 18.9. The average molecular weight is 360 g/mol. The number of pyridine rings is 1. The number of aryl methyl sites for hydroxylation is 1. The zero-order valence-electron chi connectivity index (χ0n) is 13.2. The number of anilines is 1. The molecule has 0 saturated carbocycles. The Morgan fingerprint density at radius 2 is 1.92 bits per heavy atom. The van der Waals surface area contributed by atoms with Crippen LogP contribution >= 0.6 is 11.3 Å². The van der Waals surface area contributed by atoms with Crippen molar-refractivity contribution in [1.29, 1.82) is 0 Å². The maximum atomic E-state index is 12.4. The van der Waals surface area contributed by atoms with E-state index in [4.69, 9.17) is 4.79 Å². The van der Waals surface area contributed by atoms with Crippen molar-refractivity contribution in [3.63, 3.8) is 0 Å². The van der Waals surface area contributed by atoms with Gasteiger partial charge in [0.05, 0.1) is 6.54 Å². The van der Waals surface area contributed by atoms with Gasteiger partial charge in [-0.15, -0.1) is 11.3 Å². The molecule has 0 unspecified atom stereocenters. The summed E-state index contributed by atoms with van der Waals surface area (Å²) < 4.78 is 37.1. The summed E-state index contributed by atoms with van der Waals surface area (Å²) in [6, 6.07) is 6.08. The molecule has 0 atom stereocenters. The molecule has 3 rings (SSSR count). The minimum atomic E-state index is -4.12. The number of nitrogens with zero attached hydrogens (tertiary/aromatic N) is 3. The third-order valence-corrected chi connectivity index (χ3v) is 4.55. The van der Waals surface area contributed by atoms with Gasteiger partial charge in [0.25, 0.3) is 0 Å². The third kappa shape index (κ3) is 5.07. The maximum absolute atomic E-state index is 12.4. The van der Waals surface area contributed by atoms with Crippen molar-refractivity contribution in [2.45, 2.75) is 13.1 Å². The fourth-order valence-corrected chi connectivity index (χ4v) is 3.47. The molecule has 2 aromatic heterocycles. The van der Waals surface area contributed by atoms with E-state index in [0.717, 1.165) is 16.0 Å². The summed E-state index contributed by atoms with van der Waals surface area (Å²) in [5.74, 6) is 0.857. The van der Waals surface area contributed by atoms with Crippen LogP contribution in [0.5, 0.6) is 0 Å².